The van der Waals surface area contributed by atoms with Crippen LogP contribution in [0.1, 0.15) is 56.7 Å². The first-order valence-electron chi connectivity index (χ1n) is 6.66. The second-order valence-corrected chi connectivity index (χ2v) is 5.85. The number of thiophene rings is 1. The summed E-state index contributed by atoms with van der Waals surface area (Å²) in [5.41, 5.74) is 0.321. The molecule has 1 heterocycles. The number of rotatable bonds is 5. The molecule has 1 fully saturated rings. The van der Waals surface area contributed by atoms with Crippen LogP contribution in [0.5, 0.6) is 0 Å². The zero-order chi connectivity index (χ0) is 11.3. The summed E-state index contributed by atoms with van der Waals surface area (Å²) in [6, 6.07) is 4.51. The third-order valence-electron chi connectivity index (χ3n) is 3.69. The Kier molecular flexibility index (Phi) is 4.42. The Morgan fingerprint density at radius 1 is 1.31 bits per heavy atom. The third-order valence-corrected chi connectivity index (χ3v) is 4.77. The van der Waals surface area contributed by atoms with Crippen molar-refractivity contribution in [3.8, 4) is 0 Å². The molecule has 0 radical (unpaired) electrons. The monoisotopic (exact) mass is 237 g/mol. The van der Waals surface area contributed by atoms with Gasteiger partial charge in [0.1, 0.15) is 0 Å². The summed E-state index contributed by atoms with van der Waals surface area (Å²) in [6.07, 6.45) is 9.44. The van der Waals surface area contributed by atoms with Crippen molar-refractivity contribution in [2.45, 2.75) is 57.4 Å². The predicted molar refractivity (Wildman–Crippen MR) is 72.0 cm³/mol. The first-order valence-corrected chi connectivity index (χ1v) is 7.54. The first-order chi connectivity index (χ1) is 7.87. The topological polar surface area (TPSA) is 12.0 Å². The predicted octanol–water partition coefficient (Wildman–Crippen LogP) is 4.30. The van der Waals surface area contributed by atoms with Crippen molar-refractivity contribution in [1.82, 2.24) is 5.32 Å². The Bertz CT molecular complexity index is 286. The van der Waals surface area contributed by atoms with E-state index in [2.05, 4.69) is 29.8 Å². The molecule has 2 rings (SSSR count). The highest BCUT2D eigenvalue weighted by molar-refractivity contribution is 7.10. The molecule has 0 bridgehead atoms. The quantitative estimate of drug-likeness (QED) is 0.753. The molecule has 16 heavy (non-hydrogen) atoms. The molecule has 90 valence electrons. The van der Waals surface area contributed by atoms with Gasteiger partial charge >= 0.3 is 0 Å². The van der Waals surface area contributed by atoms with Crippen LogP contribution in [0.3, 0.4) is 0 Å². The van der Waals surface area contributed by atoms with Gasteiger partial charge in [-0.3, -0.25) is 0 Å². The molecule has 1 N–H and O–H groups in total. The van der Waals surface area contributed by atoms with Crippen LogP contribution in [-0.2, 0) is 5.54 Å². The van der Waals surface area contributed by atoms with Gasteiger partial charge in [0.15, 0.2) is 0 Å². The van der Waals surface area contributed by atoms with E-state index in [1.54, 1.807) is 4.88 Å². The molecule has 1 aromatic rings. The number of nitrogens with one attached hydrogen (secondary N) is 1. The van der Waals surface area contributed by atoms with Crippen LogP contribution in [0.15, 0.2) is 17.5 Å². The van der Waals surface area contributed by atoms with Gasteiger partial charge in [-0.25, -0.2) is 0 Å². The summed E-state index contributed by atoms with van der Waals surface area (Å²) in [7, 11) is 0. The molecule has 1 saturated carbocycles. The van der Waals surface area contributed by atoms with E-state index < -0.39 is 0 Å². The van der Waals surface area contributed by atoms with Gasteiger partial charge in [0, 0.05) is 4.88 Å². The Morgan fingerprint density at radius 2 is 2.12 bits per heavy atom. The van der Waals surface area contributed by atoms with Crippen LogP contribution < -0.4 is 5.32 Å². The molecule has 0 spiro atoms. The van der Waals surface area contributed by atoms with Gasteiger partial charge in [0.25, 0.3) is 0 Å². The van der Waals surface area contributed by atoms with Crippen molar-refractivity contribution in [1.29, 1.82) is 0 Å². The molecular formula is C14H23NS. The van der Waals surface area contributed by atoms with Gasteiger partial charge in [-0.05, 0) is 37.3 Å². The lowest BCUT2D eigenvalue weighted by molar-refractivity contribution is 0.238. The average molecular weight is 237 g/mol. The number of hydrogen-bond donors (Lipinski definition) is 1. The van der Waals surface area contributed by atoms with Gasteiger partial charge in [0.05, 0.1) is 5.54 Å². The molecule has 0 atom stereocenters. The molecule has 0 aromatic carbocycles. The van der Waals surface area contributed by atoms with Crippen LogP contribution in [0.4, 0.5) is 0 Å². The molecule has 1 aliphatic carbocycles. The standard InChI is InChI=1S/C14H23NS/c1-2-3-11-15-14(9-5-4-6-10-14)13-8-7-12-16-13/h7-8,12,15H,2-6,9-11H2,1H3. The summed E-state index contributed by atoms with van der Waals surface area (Å²) in [6.45, 7) is 3.44. The lowest BCUT2D eigenvalue weighted by atomic mass is 9.80. The Balaban J connectivity index is 2.06. The highest BCUT2D eigenvalue weighted by atomic mass is 32.1. The van der Waals surface area contributed by atoms with Gasteiger partial charge < -0.3 is 5.32 Å². The van der Waals surface area contributed by atoms with Crippen LogP contribution in [0.25, 0.3) is 0 Å². The van der Waals surface area contributed by atoms with E-state index in [-0.39, 0.29) is 0 Å². The van der Waals surface area contributed by atoms with Crippen molar-refractivity contribution in [2.75, 3.05) is 6.54 Å². The maximum atomic E-state index is 3.85. The van der Waals surface area contributed by atoms with Crippen LogP contribution in [-0.4, -0.2) is 6.54 Å². The zero-order valence-electron chi connectivity index (χ0n) is 10.3. The van der Waals surface area contributed by atoms with E-state index in [0.29, 0.717) is 5.54 Å². The van der Waals surface area contributed by atoms with Gasteiger partial charge in [-0.15, -0.1) is 11.3 Å². The molecule has 2 heteroatoms. The molecule has 1 aliphatic rings. The van der Waals surface area contributed by atoms with E-state index >= 15 is 0 Å². The molecule has 0 unspecified atom stereocenters. The fourth-order valence-corrected chi connectivity index (χ4v) is 3.68. The summed E-state index contributed by atoms with van der Waals surface area (Å²) in [4.78, 5) is 1.56. The third kappa shape index (κ3) is 2.67. The molecular weight excluding hydrogens is 214 g/mol. The Hall–Kier alpha value is -0.340. The highest BCUT2D eigenvalue weighted by Crippen LogP contribution is 2.39. The van der Waals surface area contributed by atoms with Crippen molar-refractivity contribution in [2.24, 2.45) is 0 Å². The maximum absolute atomic E-state index is 3.85. The van der Waals surface area contributed by atoms with Crippen LogP contribution >= 0.6 is 11.3 Å². The van der Waals surface area contributed by atoms with Crippen LogP contribution in [0, 0.1) is 0 Å². The SMILES string of the molecule is CCCCNC1(c2cccs2)CCCCC1. The Morgan fingerprint density at radius 3 is 2.75 bits per heavy atom. The van der Waals surface area contributed by atoms with E-state index in [1.807, 2.05) is 11.3 Å². The lowest BCUT2D eigenvalue weighted by Gasteiger charge is -2.38. The highest BCUT2D eigenvalue weighted by Gasteiger charge is 2.33. The second kappa shape index (κ2) is 5.83. The minimum atomic E-state index is 0.321. The van der Waals surface area contributed by atoms with Crippen molar-refractivity contribution in [3.63, 3.8) is 0 Å². The minimum absolute atomic E-state index is 0.321. The summed E-state index contributed by atoms with van der Waals surface area (Å²) >= 11 is 1.92. The van der Waals surface area contributed by atoms with Gasteiger partial charge in [-0.1, -0.05) is 38.7 Å². The summed E-state index contributed by atoms with van der Waals surface area (Å²) in [5, 5.41) is 6.06. The van der Waals surface area contributed by atoms with Crippen molar-refractivity contribution >= 4 is 11.3 Å². The molecule has 0 saturated heterocycles. The molecule has 0 aliphatic heterocycles. The normalized spacial score (nSPS) is 19.8. The van der Waals surface area contributed by atoms with Crippen molar-refractivity contribution in [3.05, 3.63) is 22.4 Å². The van der Waals surface area contributed by atoms with Gasteiger partial charge in [0.2, 0.25) is 0 Å². The van der Waals surface area contributed by atoms with Crippen molar-refractivity contribution < 1.29 is 0 Å². The fourth-order valence-electron chi connectivity index (χ4n) is 2.72. The zero-order valence-corrected chi connectivity index (χ0v) is 11.1. The molecule has 0 amide bonds. The minimum Gasteiger partial charge on any atom is -0.307 e. The summed E-state index contributed by atoms with van der Waals surface area (Å²) in [5.74, 6) is 0. The second-order valence-electron chi connectivity index (χ2n) is 4.90. The lowest BCUT2D eigenvalue weighted by Crippen LogP contribution is -2.43. The number of hydrogen-bond acceptors (Lipinski definition) is 2. The molecule has 1 aromatic heterocycles. The first kappa shape index (κ1) is 12.1. The maximum Gasteiger partial charge on any atom is 0.0528 e. The van der Waals surface area contributed by atoms with E-state index in [9.17, 15) is 0 Å². The van der Waals surface area contributed by atoms with Crippen LogP contribution in [0.2, 0.25) is 0 Å². The largest absolute Gasteiger partial charge is 0.307 e. The molecule has 1 nitrogen and oxygen atoms in total. The average Bonchev–Trinajstić information content (AvgIpc) is 2.85. The van der Waals surface area contributed by atoms with Gasteiger partial charge in [-0.2, -0.15) is 0 Å². The smallest absolute Gasteiger partial charge is 0.0528 e. The van der Waals surface area contributed by atoms with E-state index in [1.165, 1.54) is 51.5 Å². The van der Waals surface area contributed by atoms with E-state index in [0.717, 1.165) is 0 Å². The van der Waals surface area contributed by atoms with E-state index in [4.69, 9.17) is 0 Å². The fraction of sp³-hybridized carbons (Fsp3) is 0.714. The summed E-state index contributed by atoms with van der Waals surface area (Å²) < 4.78 is 0. The Labute approximate surface area is 103 Å². The number of unbranched alkanes of at least 4 members (excludes halogenated alkanes) is 1.